The molecule has 7 heteroatoms. The second kappa shape index (κ2) is 7.88. The highest BCUT2D eigenvalue weighted by atomic mass is 32.1. The van der Waals surface area contributed by atoms with Crippen LogP contribution in [0.1, 0.15) is 22.9 Å². The van der Waals surface area contributed by atoms with E-state index in [0.29, 0.717) is 23.0 Å². The van der Waals surface area contributed by atoms with Crippen molar-refractivity contribution in [3.63, 3.8) is 0 Å². The number of ether oxygens (including phenoxy) is 2. The molecule has 4 aromatic rings. The Morgan fingerprint density at radius 3 is 2.47 bits per heavy atom. The molecule has 0 saturated carbocycles. The number of hydrogen-bond donors (Lipinski definition) is 1. The number of amides is 1. The molecule has 2 aliphatic rings. The van der Waals surface area contributed by atoms with Crippen molar-refractivity contribution in [3.05, 3.63) is 89.6 Å². The van der Waals surface area contributed by atoms with Crippen LogP contribution in [-0.4, -0.2) is 41.2 Å². The zero-order chi connectivity index (χ0) is 23.4. The summed E-state index contributed by atoms with van der Waals surface area (Å²) in [5, 5.41) is 1.61. The van der Waals surface area contributed by atoms with E-state index >= 15 is 0 Å². The molecule has 170 valence electrons. The second-order valence-electron chi connectivity index (χ2n) is 8.47. The number of carbonyl (C=O) groups excluding carboxylic acids is 1. The molecular formula is C27H23N3O3S. The number of hydrogen-bond acceptors (Lipinski definition) is 4. The minimum Gasteiger partial charge on any atom is -0.493 e. The van der Waals surface area contributed by atoms with E-state index in [0.717, 1.165) is 33.4 Å². The number of rotatable bonds is 4. The van der Waals surface area contributed by atoms with Crippen LogP contribution in [0.5, 0.6) is 11.5 Å². The molecule has 3 heterocycles. The minimum absolute atomic E-state index is 0.0148. The number of thiocarbonyl (C=S) groups is 1. The predicted molar refractivity (Wildman–Crippen MR) is 136 cm³/mol. The number of benzene rings is 3. The van der Waals surface area contributed by atoms with Gasteiger partial charge in [-0.3, -0.25) is 9.69 Å². The Labute approximate surface area is 202 Å². The first-order valence-corrected chi connectivity index (χ1v) is 11.6. The number of carbonyl (C=O) groups is 1. The molecule has 1 amide bonds. The van der Waals surface area contributed by atoms with Crippen molar-refractivity contribution in [2.45, 2.75) is 18.5 Å². The van der Waals surface area contributed by atoms with E-state index in [4.69, 9.17) is 21.7 Å². The third-order valence-electron chi connectivity index (χ3n) is 6.79. The number of aromatic amines is 1. The SMILES string of the molecule is COc1cccc([C@@H]2c3[nH]c4ccccc4c3C[C@H]3C(=O)N(c4ccccc4)C(=S)N23)c1OC. The fourth-order valence-electron chi connectivity index (χ4n) is 5.34. The van der Waals surface area contributed by atoms with Gasteiger partial charge in [-0.2, -0.15) is 0 Å². The van der Waals surface area contributed by atoms with Gasteiger partial charge in [0.2, 0.25) is 0 Å². The molecule has 0 spiro atoms. The average molecular weight is 470 g/mol. The maximum absolute atomic E-state index is 13.8. The van der Waals surface area contributed by atoms with Crippen molar-refractivity contribution in [1.29, 1.82) is 0 Å². The van der Waals surface area contributed by atoms with E-state index in [-0.39, 0.29) is 11.9 Å². The lowest BCUT2D eigenvalue weighted by Gasteiger charge is -2.38. The Kier molecular flexibility index (Phi) is 4.81. The number of nitrogens with zero attached hydrogens (tertiary/aromatic N) is 2. The van der Waals surface area contributed by atoms with Crippen LogP contribution >= 0.6 is 12.2 Å². The fraction of sp³-hybridized carbons (Fsp3) is 0.185. The third kappa shape index (κ3) is 2.86. The van der Waals surface area contributed by atoms with Gasteiger partial charge < -0.3 is 19.4 Å². The first kappa shape index (κ1) is 20.7. The van der Waals surface area contributed by atoms with Crippen molar-refractivity contribution in [1.82, 2.24) is 9.88 Å². The summed E-state index contributed by atoms with van der Waals surface area (Å²) in [5.41, 5.74) is 4.87. The Bertz CT molecular complexity index is 1430. The standard InChI is InChI=1S/C27H23N3O3S/c1-32-22-14-8-12-18(25(22)33-2)24-23-19(17-11-6-7-13-20(17)28-23)15-21-26(31)29(27(34)30(21)24)16-9-4-3-5-10-16/h3-14,21,24,28H,15H2,1-2H3/t21-,24+/m0/s1. The van der Waals surface area contributed by atoms with Gasteiger partial charge in [0, 0.05) is 28.6 Å². The molecule has 1 fully saturated rings. The number of nitrogens with one attached hydrogen (secondary N) is 1. The highest BCUT2D eigenvalue weighted by Gasteiger charge is 2.51. The Morgan fingerprint density at radius 2 is 1.71 bits per heavy atom. The summed E-state index contributed by atoms with van der Waals surface area (Å²) in [5.74, 6) is 1.25. The molecule has 0 bridgehead atoms. The van der Waals surface area contributed by atoms with Crippen LogP contribution in [-0.2, 0) is 11.2 Å². The lowest BCUT2D eigenvalue weighted by atomic mass is 9.88. The summed E-state index contributed by atoms with van der Waals surface area (Å²) in [6.45, 7) is 0. The summed E-state index contributed by atoms with van der Waals surface area (Å²) in [6, 6.07) is 22.9. The molecule has 0 aliphatic carbocycles. The van der Waals surface area contributed by atoms with Gasteiger partial charge in [0.1, 0.15) is 12.1 Å². The van der Waals surface area contributed by atoms with Gasteiger partial charge in [0.25, 0.3) is 5.91 Å². The van der Waals surface area contributed by atoms with E-state index in [1.54, 1.807) is 19.1 Å². The van der Waals surface area contributed by atoms with Gasteiger partial charge in [-0.05, 0) is 42.0 Å². The average Bonchev–Trinajstić information content (AvgIpc) is 3.37. The van der Waals surface area contributed by atoms with E-state index in [1.807, 2.05) is 60.7 Å². The molecule has 0 radical (unpaired) electrons. The maximum Gasteiger partial charge on any atom is 0.256 e. The molecule has 1 aromatic heterocycles. The van der Waals surface area contributed by atoms with Crippen LogP contribution in [0.3, 0.4) is 0 Å². The van der Waals surface area contributed by atoms with Gasteiger partial charge >= 0.3 is 0 Å². The molecule has 2 aliphatic heterocycles. The van der Waals surface area contributed by atoms with Crippen molar-refractivity contribution in [2.24, 2.45) is 0 Å². The van der Waals surface area contributed by atoms with Gasteiger partial charge in [-0.15, -0.1) is 0 Å². The van der Waals surface area contributed by atoms with E-state index in [2.05, 4.69) is 22.0 Å². The number of aromatic nitrogens is 1. The molecule has 1 saturated heterocycles. The van der Waals surface area contributed by atoms with Gasteiger partial charge in [-0.1, -0.05) is 48.5 Å². The Morgan fingerprint density at radius 1 is 0.941 bits per heavy atom. The summed E-state index contributed by atoms with van der Waals surface area (Å²) in [6.07, 6.45) is 0.574. The van der Waals surface area contributed by atoms with Gasteiger partial charge in [0.15, 0.2) is 16.6 Å². The summed E-state index contributed by atoms with van der Waals surface area (Å²) < 4.78 is 11.4. The zero-order valence-corrected chi connectivity index (χ0v) is 19.6. The first-order chi connectivity index (χ1) is 16.6. The zero-order valence-electron chi connectivity index (χ0n) is 18.8. The van der Waals surface area contributed by atoms with E-state index in [1.165, 1.54) is 0 Å². The van der Waals surface area contributed by atoms with Crippen LogP contribution in [0.4, 0.5) is 5.69 Å². The number of para-hydroxylation sites is 3. The largest absolute Gasteiger partial charge is 0.493 e. The molecule has 2 atom stereocenters. The summed E-state index contributed by atoms with van der Waals surface area (Å²) >= 11 is 5.97. The lowest BCUT2D eigenvalue weighted by molar-refractivity contribution is -0.120. The van der Waals surface area contributed by atoms with Crippen molar-refractivity contribution >= 4 is 39.8 Å². The van der Waals surface area contributed by atoms with E-state index in [9.17, 15) is 4.79 Å². The topological polar surface area (TPSA) is 57.8 Å². The monoisotopic (exact) mass is 469 g/mol. The normalized spacial score (nSPS) is 19.4. The molecule has 3 aromatic carbocycles. The Hall–Kier alpha value is -3.84. The minimum atomic E-state index is -0.416. The van der Waals surface area contributed by atoms with Crippen molar-refractivity contribution in [3.8, 4) is 11.5 Å². The molecule has 6 rings (SSSR count). The lowest BCUT2D eigenvalue weighted by Crippen LogP contribution is -2.44. The smallest absolute Gasteiger partial charge is 0.256 e. The fourth-order valence-corrected chi connectivity index (χ4v) is 5.77. The van der Waals surface area contributed by atoms with Crippen LogP contribution in [0.2, 0.25) is 0 Å². The number of H-pyrrole nitrogens is 1. The molecule has 0 unspecified atom stereocenters. The maximum atomic E-state index is 13.8. The predicted octanol–water partition coefficient (Wildman–Crippen LogP) is 4.83. The summed E-state index contributed by atoms with van der Waals surface area (Å²) in [7, 11) is 3.26. The second-order valence-corrected chi connectivity index (χ2v) is 8.83. The van der Waals surface area contributed by atoms with Crippen molar-refractivity contribution < 1.29 is 14.3 Å². The molecule has 1 N–H and O–H groups in total. The first-order valence-electron chi connectivity index (χ1n) is 11.2. The number of anilines is 1. The summed E-state index contributed by atoms with van der Waals surface area (Å²) in [4.78, 5) is 21.1. The van der Waals surface area contributed by atoms with Crippen LogP contribution in [0.25, 0.3) is 10.9 Å². The highest BCUT2D eigenvalue weighted by Crippen LogP contribution is 2.48. The van der Waals surface area contributed by atoms with Crippen LogP contribution < -0.4 is 14.4 Å². The molecule has 6 nitrogen and oxygen atoms in total. The van der Waals surface area contributed by atoms with Crippen molar-refractivity contribution in [2.75, 3.05) is 19.1 Å². The number of fused-ring (bicyclic) bond motifs is 4. The highest BCUT2D eigenvalue weighted by molar-refractivity contribution is 7.80. The number of methoxy groups -OCH3 is 2. The molecule has 34 heavy (non-hydrogen) atoms. The van der Waals surface area contributed by atoms with E-state index < -0.39 is 6.04 Å². The van der Waals surface area contributed by atoms with Gasteiger partial charge in [0.05, 0.1) is 19.9 Å². The third-order valence-corrected chi connectivity index (χ3v) is 7.18. The van der Waals surface area contributed by atoms with Crippen LogP contribution in [0.15, 0.2) is 72.8 Å². The quantitative estimate of drug-likeness (QED) is 0.434. The van der Waals surface area contributed by atoms with Gasteiger partial charge in [-0.25, -0.2) is 0 Å². The molecular weight excluding hydrogens is 446 g/mol. The van der Waals surface area contributed by atoms with Crippen LogP contribution in [0, 0.1) is 0 Å². The Balaban J connectivity index is 1.60.